The van der Waals surface area contributed by atoms with E-state index in [0.29, 0.717) is 0 Å². The molecule has 0 aliphatic rings. The van der Waals surface area contributed by atoms with Crippen molar-refractivity contribution in [3.63, 3.8) is 0 Å². The van der Waals surface area contributed by atoms with Gasteiger partial charge < -0.3 is 21.3 Å². The molecule has 0 aromatic rings. The summed E-state index contributed by atoms with van der Waals surface area (Å²) >= 11 is 0. The van der Waals surface area contributed by atoms with E-state index < -0.39 is 24.0 Å². The van der Waals surface area contributed by atoms with Crippen LogP contribution in [0.15, 0.2) is 0 Å². The number of carboxylic acids is 1. The number of nitrogens with one attached hydrogen (secondary N) is 1. The van der Waals surface area contributed by atoms with Crippen LogP contribution in [0.5, 0.6) is 0 Å². The van der Waals surface area contributed by atoms with Crippen LogP contribution in [-0.4, -0.2) is 40.8 Å². The van der Waals surface area contributed by atoms with Crippen molar-refractivity contribution >= 4 is 11.9 Å². The third-order valence-electron chi connectivity index (χ3n) is 1.47. The molecule has 0 fully saturated rings. The molecule has 0 saturated carbocycles. The number of aliphatic carboxylic acids is 1. The lowest BCUT2D eigenvalue weighted by atomic mass is 10.1. The van der Waals surface area contributed by atoms with Gasteiger partial charge in [0.25, 0.3) is 0 Å². The molecule has 76 valence electrons. The SMILES string of the molecule is CC(=O)N[C@H](C(=O)O)C(O)CCN. The van der Waals surface area contributed by atoms with E-state index in [1.807, 2.05) is 0 Å². The van der Waals surface area contributed by atoms with E-state index in [9.17, 15) is 14.7 Å². The van der Waals surface area contributed by atoms with E-state index in [-0.39, 0.29) is 13.0 Å². The smallest absolute Gasteiger partial charge is 0.328 e. The van der Waals surface area contributed by atoms with E-state index in [0.717, 1.165) is 0 Å². The summed E-state index contributed by atoms with van der Waals surface area (Å²) in [5.74, 6) is -1.76. The molecule has 0 spiro atoms. The maximum absolute atomic E-state index is 10.6. The number of hydrogen-bond acceptors (Lipinski definition) is 4. The zero-order chi connectivity index (χ0) is 10.4. The highest BCUT2D eigenvalue weighted by Crippen LogP contribution is 1.98. The topological polar surface area (TPSA) is 113 Å². The number of hydrogen-bond donors (Lipinski definition) is 4. The van der Waals surface area contributed by atoms with E-state index in [2.05, 4.69) is 5.32 Å². The predicted octanol–water partition coefficient (Wildman–Crippen LogP) is -1.71. The van der Waals surface area contributed by atoms with Crippen LogP contribution in [0.4, 0.5) is 0 Å². The average Bonchev–Trinajstić information content (AvgIpc) is 1.99. The van der Waals surface area contributed by atoms with Crippen LogP contribution in [0.25, 0.3) is 0 Å². The average molecular weight is 190 g/mol. The normalized spacial score (nSPS) is 14.7. The molecule has 2 atom stereocenters. The molecule has 0 aromatic carbocycles. The molecule has 0 radical (unpaired) electrons. The molecule has 0 aliphatic carbocycles. The van der Waals surface area contributed by atoms with Gasteiger partial charge in [-0.3, -0.25) is 4.79 Å². The van der Waals surface area contributed by atoms with Gasteiger partial charge in [0.1, 0.15) is 0 Å². The van der Waals surface area contributed by atoms with E-state index >= 15 is 0 Å². The minimum Gasteiger partial charge on any atom is -0.480 e. The number of carbonyl (C=O) groups is 2. The number of rotatable bonds is 5. The minimum absolute atomic E-state index is 0.136. The number of aliphatic hydroxyl groups is 1. The van der Waals surface area contributed by atoms with Gasteiger partial charge in [-0.1, -0.05) is 0 Å². The number of carboxylic acid groups (broad SMARTS) is 1. The summed E-state index contributed by atoms with van der Waals surface area (Å²) < 4.78 is 0. The van der Waals surface area contributed by atoms with Gasteiger partial charge in [-0.25, -0.2) is 4.79 Å². The number of amides is 1. The summed E-state index contributed by atoms with van der Waals surface area (Å²) in [7, 11) is 0. The second-order valence-electron chi connectivity index (χ2n) is 2.66. The van der Waals surface area contributed by atoms with Gasteiger partial charge in [-0.05, 0) is 13.0 Å². The maximum atomic E-state index is 10.6. The summed E-state index contributed by atoms with van der Waals surface area (Å²) in [5.41, 5.74) is 5.13. The third kappa shape index (κ3) is 4.44. The first-order chi connectivity index (χ1) is 5.99. The Morgan fingerprint density at radius 2 is 2.08 bits per heavy atom. The highest BCUT2D eigenvalue weighted by Gasteiger charge is 2.26. The van der Waals surface area contributed by atoms with Crippen molar-refractivity contribution in [1.29, 1.82) is 0 Å². The number of aliphatic hydroxyl groups excluding tert-OH is 1. The number of nitrogens with two attached hydrogens (primary N) is 1. The summed E-state index contributed by atoms with van der Waals surface area (Å²) in [5, 5.41) is 20.0. The lowest BCUT2D eigenvalue weighted by Gasteiger charge is -2.18. The molecule has 5 N–H and O–H groups in total. The van der Waals surface area contributed by atoms with Gasteiger partial charge in [-0.15, -0.1) is 0 Å². The highest BCUT2D eigenvalue weighted by molar-refractivity contribution is 5.82. The van der Waals surface area contributed by atoms with Gasteiger partial charge in [0, 0.05) is 6.92 Å². The molecule has 6 heteroatoms. The third-order valence-corrected chi connectivity index (χ3v) is 1.47. The Hall–Kier alpha value is -1.14. The van der Waals surface area contributed by atoms with Crippen molar-refractivity contribution in [2.75, 3.05) is 6.54 Å². The van der Waals surface area contributed by atoms with Crippen molar-refractivity contribution in [2.24, 2.45) is 5.73 Å². The Balaban J connectivity index is 4.23. The van der Waals surface area contributed by atoms with Gasteiger partial charge in [0.05, 0.1) is 6.10 Å². The maximum Gasteiger partial charge on any atom is 0.328 e. The van der Waals surface area contributed by atoms with Gasteiger partial charge >= 0.3 is 5.97 Å². The lowest BCUT2D eigenvalue weighted by molar-refractivity contribution is -0.144. The predicted molar refractivity (Wildman–Crippen MR) is 44.9 cm³/mol. The summed E-state index contributed by atoms with van der Waals surface area (Å²) in [6.45, 7) is 1.36. The largest absolute Gasteiger partial charge is 0.480 e. The van der Waals surface area contributed by atoms with Crippen molar-refractivity contribution in [1.82, 2.24) is 5.32 Å². The number of carbonyl (C=O) groups excluding carboxylic acids is 1. The van der Waals surface area contributed by atoms with E-state index in [1.54, 1.807) is 0 Å². The van der Waals surface area contributed by atoms with Crippen LogP contribution >= 0.6 is 0 Å². The molecule has 0 aromatic heterocycles. The molecule has 0 bridgehead atoms. The standard InChI is InChI=1S/C7H14N2O4/c1-4(10)9-6(7(12)13)5(11)2-3-8/h5-6,11H,2-3,8H2,1H3,(H,9,10)(H,12,13)/t5?,6-/m0/s1. The Morgan fingerprint density at radius 3 is 2.38 bits per heavy atom. The summed E-state index contributed by atoms with van der Waals surface area (Å²) in [6.07, 6.45) is -1.01. The molecule has 0 saturated heterocycles. The first-order valence-corrected chi connectivity index (χ1v) is 3.87. The fourth-order valence-corrected chi connectivity index (χ4v) is 0.879. The molecule has 0 heterocycles. The van der Waals surface area contributed by atoms with Crippen molar-refractivity contribution in [2.45, 2.75) is 25.5 Å². The second kappa shape index (κ2) is 5.50. The lowest BCUT2D eigenvalue weighted by Crippen LogP contribution is -2.48. The van der Waals surface area contributed by atoms with Crippen LogP contribution in [0.3, 0.4) is 0 Å². The van der Waals surface area contributed by atoms with Gasteiger partial charge in [-0.2, -0.15) is 0 Å². The zero-order valence-electron chi connectivity index (χ0n) is 7.36. The Bertz CT molecular complexity index is 195. The fraction of sp³-hybridized carbons (Fsp3) is 0.714. The molecular formula is C7H14N2O4. The molecule has 0 aliphatic heterocycles. The van der Waals surface area contributed by atoms with Crippen molar-refractivity contribution in [3.05, 3.63) is 0 Å². The van der Waals surface area contributed by atoms with Crippen LogP contribution in [-0.2, 0) is 9.59 Å². The fourth-order valence-electron chi connectivity index (χ4n) is 0.879. The Labute approximate surface area is 75.7 Å². The molecule has 0 rings (SSSR count). The van der Waals surface area contributed by atoms with E-state index in [4.69, 9.17) is 10.8 Å². The first kappa shape index (κ1) is 11.9. The zero-order valence-corrected chi connectivity index (χ0v) is 7.36. The van der Waals surface area contributed by atoms with Crippen molar-refractivity contribution < 1.29 is 19.8 Å². The van der Waals surface area contributed by atoms with Gasteiger partial charge in [0.2, 0.25) is 5.91 Å². The molecule has 1 unspecified atom stereocenters. The first-order valence-electron chi connectivity index (χ1n) is 3.87. The quantitative estimate of drug-likeness (QED) is 0.412. The molecule has 13 heavy (non-hydrogen) atoms. The highest BCUT2D eigenvalue weighted by atomic mass is 16.4. The van der Waals surface area contributed by atoms with Crippen LogP contribution < -0.4 is 11.1 Å². The second-order valence-corrected chi connectivity index (χ2v) is 2.66. The minimum atomic E-state index is -1.28. The van der Waals surface area contributed by atoms with Crippen LogP contribution in [0.1, 0.15) is 13.3 Å². The monoisotopic (exact) mass is 190 g/mol. The molecule has 1 amide bonds. The Morgan fingerprint density at radius 1 is 1.54 bits per heavy atom. The van der Waals surface area contributed by atoms with Crippen LogP contribution in [0.2, 0.25) is 0 Å². The molecule has 6 nitrogen and oxygen atoms in total. The van der Waals surface area contributed by atoms with E-state index in [1.165, 1.54) is 6.92 Å². The molecular weight excluding hydrogens is 176 g/mol. The van der Waals surface area contributed by atoms with Crippen molar-refractivity contribution in [3.8, 4) is 0 Å². The van der Waals surface area contributed by atoms with Gasteiger partial charge in [0.15, 0.2) is 6.04 Å². The Kier molecular flexibility index (Phi) is 5.01. The summed E-state index contributed by atoms with van der Waals surface area (Å²) in [6, 6.07) is -1.28. The summed E-state index contributed by atoms with van der Waals surface area (Å²) in [4.78, 5) is 21.1. The van der Waals surface area contributed by atoms with Crippen LogP contribution in [0, 0.1) is 0 Å².